The summed E-state index contributed by atoms with van der Waals surface area (Å²) < 4.78 is 0. The Labute approximate surface area is 305 Å². The van der Waals surface area contributed by atoms with E-state index in [9.17, 15) is 0 Å². The Bertz CT molecular complexity index is 2530. The van der Waals surface area contributed by atoms with Gasteiger partial charge >= 0.3 is 0 Å². The lowest BCUT2D eigenvalue weighted by molar-refractivity contribution is 1.54. The minimum atomic E-state index is 1.21. The van der Waals surface area contributed by atoms with Gasteiger partial charge < -0.3 is 0 Å². The first-order valence-corrected chi connectivity index (χ1v) is 18.0. The van der Waals surface area contributed by atoms with E-state index in [1.807, 2.05) is 0 Å². The van der Waals surface area contributed by atoms with Crippen LogP contribution >= 0.6 is 0 Å². The Kier molecular flexibility index (Phi) is 7.25. The van der Waals surface area contributed by atoms with Crippen LogP contribution in [0.25, 0.3) is 99.8 Å². The Hall–Kier alpha value is -6.76. The minimum Gasteiger partial charge on any atom is -0.0622 e. The Balaban J connectivity index is 1.46. The molecule has 52 heavy (non-hydrogen) atoms. The van der Waals surface area contributed by atoms with Crippen molar-refractivity contribution in [3.05, 3.63) is 206 Å². The first-order chi connectivity index (χ1) is 25.9. The minimum absolute atomic E-state index is 1.21. The van der Waals surface area contributed by atoms with Crippen LogP contribution in [0.3, 0.4) is 0 Å². The molecule has 0 spiro atoms. The summed E-state index contributed by atoms with van der Waals surface area (Å²) in [5, 5.41) is 2.61. The summed E-state index contributed by atoms with van der Waals surface area (Å²) >= 11 is 0. The van der Waals surface area contributed by atoms with Crippen molar-refractivity contribution in [1.29, 1.82) is 0 Å². The van der Waals surface area contributed by atoms with Gasteiger partial charge in [-0.15, -0.1) is 0 Å². The zero-order valence-electron chi connectivity index (χ0n) is 28.6. The van der Waals surface area contributed by atoms with Crippen LogP contribution in [0.2, 0.25) is 0 Å². The second kappa shape index (κ2) is 12.5. The summed E-state index contributed by atoms with van der Waals surface area (Å²) in [7, 11) is 0. The van der Waals surface area contributed by atoms with Crippen molar-refractivity contribution >= 4 is 10.8 Å². The monoisotopic (exact) mass is 658 g/mol. The molecular formula is C52H34. The molecule has 0 saturated carbocycles. The first-order valence-electron chi connectivity index (χ1n) is 18.0. The topological polar surface area (TPSA) is 0 Å². The fourth-order valence-corrected chi connectivity index (χ4v) is 8.49. The van der Waals surface area contributed by atoms with Crippen LogP contribution in [-0.2, 0) is 0 Å². The van der Waals surface area contributed by atoms with Crippen LogP contribution in [0.4, 0.5) is 0 Å². The standard InChI is InChI=1S/C52H34/c1-7-19-35(20-8-1)41-31-33-43-50-44(34-32-42(49(41)50)36-21-9-2-10-22-36)52-48(40-29-17-6-18-30-40)46(38-25-13-4-14-26-38)45(37-23-11-3-12-24-37)47(51(43)52)39-27-15-5-16-28-39/h1-34H. The van der Waals surface area contributed by atoms with E-state index >= 15 is 0 Å². The highest BCUT2D eigenvalue weighted by molar-refractivity contribution is 6.29. The molecule has 10 rings (SSSR count). The largest absolute Gasteiger partial charge is 0.0622 e. The summed E-state index contributed by atoms with van der Waals surface area (Å²) in [6.07, 6.45) is 0. The zero-order valence-corrected chi connectivity index (χ0v) is 28.6. The van der Waals surface area contributed by atoms with Gasteiger partial charge in [-0.2, -0.15) is 0 Å². The van der Waals surface area contributed by atoms with Gasteiger partial charge in [-0.05, 0) is 99.8 Å². The maximum absolute atomic E-state index is 2.40. The predicted molar refractivity (Wildman–Crippen MR) is 221 cm³/mol. The fourth-order valence-electron chi connectivity index (χ4n) is 8.49. The number of hydrogen-bond acceptors (Lipinski definition) is 0. The van der Waals surface area contributed by atoms with Gasteiger partial charge in [0.2, 0.25) is 0 Å². The second-order valence-corrected chi connectivity index (χ2v) is 13.5. The lowest BCUT2D eigenvalue weighted by Gasteiger charge is -2.26. The maximum atomic E-state index is 2.40. The average Bonchev–Trinajstić information content (AvgIpc) is 3.57. The van der Waals surface area contributed by atoms with Crippen molar-refractivity contribution in [2.24, 2.45) is 0 Å². The molecule has 0 N–H and O–H groups in total. The number of benzene rings is 9. The van der Waals surface area contributed by atoms with Crippen molar-refractivity contribution in [3.8, 4) is 89.0 Å². The molecule has 0 radical (unpaired) electrons. The lowest BCUT2D eigenvalue weighted by atomic mass is 9.76. The highest BCUT2D eigenvalue weighted by Crippen LogP contribution is 2.62. The number of fused-ring (bicyclic) bond motifs is 3. The Morgan fingerprint density at radius 3 is 0.654 bits per heavy atom. The molecule has 0 nitrogen and oxygen atoms in total. The van der Waals surface area contributed by atoms with Gasteiger partial charge in [0.1, 0.15) is 0 Å². The van der Waals surface area contributed by atoms with Crippen LogP contribution in [0, 0.1) is 0 Å². The van der Waals surface area contributed by atoms with Crippen molar-refractivity contribution in [3.63, 3.8) is 0 Å². The summed E-state index contributed by atoms with van der Waals surface area (Å²) in [6, 6.07) is 75.4. The molecular weight excluding hydrogens is 625 g/mol. The van der Waals surface area contributed by atoms with Crippen LogP contribution in [0.5, 0.6) is 0 Å². The van der Waals surface area contributed by atoms with Crippen molar-refractivity contribution in [2.45, 2.75) is 0 Å². The molecule has 9 aromatic carbocycles. The van der Waals surface area contributed by atoms with Gasteiger partial charge in [-0.3, -0.25) is 0 Å². The van der Waals surface area contributed by atoms with Crippen LogP contribution in [0.15, 0.2) is 206 Å². The van der Waals surface area contributed by atoms with E-state index in [0.29, 0.717) is 0 Å². The van der Waals surface area contributed by atoms with Crippen LogP contribution in [0.1, 0.15) is 0 Å². The number of hydrogen-bond donors (Lipinski definition) is 0. The molecule has 0 fully saturated rings. The molecule has 0 amide bonds. The van der Waals surface area contributed by atoms with E-state index < -0.39 is 0 Å². The molecule has 0 bridgehead atoms. The van der Waals surface area contributed by atoms with E-state index in [1.165, 1.54) is 99.8 Å². The van der Waals surface area contributed by atoms with Gasteiger partial charge in [0.25, 0.3) is 0 Å². The lowest BCUT2D eigenvalue weighted by Crippen LogP contribution is -1.99. The third-order valence-electron chi connectivity index (χ3n) is 10.6. The molecule has 242 valence electrons. The normalized spacial score (nSPS) is 11.5. The quantitative estimate of drug-likeness (QED) is 0.167. The zero-order chi connectivity index (χ0) is 34.4. The summed E-state index contributed by atoms with van der Waals surface area (Å²) in [4.78, 5) is 0. The summed E-state index contributed by atoms with van der Waals surface area (Å²) in [5.74, 6) is 0. The van der Waals surface area contributed by atoms with Crippen molar-refractivity contribution < 1.29 is 0 Å². The molecule has 0 unspecified atom stereocenters. The van der Waals surface area contributed by atoms with Gasteiger partial charge in [-0.1, -0.05) is 206 Å². The molecule has 0 atom stereocenters. The molecule has 0 heteroatoms. The van der Waals surface area contributed by atoms with Crippen LogP contribution < -0.4 is 0 Å². The molecule has 1 aliphatic rings. The van der Waals surface area contributed by atoms with E-state index in [1.54, 1.807) is 0 Å². The van der Waals surface area contributed by atoms with E-state index in [0.717, 1.165) is 0 Å². The molecule has 9 aromatic rings. The van der Waals surface area contributed by atoms with Crippen LogP contribution in [-0.4, -0.2) is 0 Å². The van der Waals surface area contributed by atoms with Gasteiger partial charge in [0.05, 0.1) is 0 Å². The molecule has 0 aliphatic heterocycles. The third-order valence-corrected chi connectivity index (χ3v) is 10.6. The average molecular weight is 659 g/mol. The van der Waals surface area contributed by atoms with E-state index in [-0.39, 0.29) is 0 Å². The smallest absolute Gasteiger partial charge is 0.000718 e. The Morgan fingerprint density at radius 1 is 0.154 bits per heavy atom. The predicted octanol–water partition coefficient (Wildman–Crippen LogP) is 14.5. The molecule has 0 heterocycles. The van der Waals surface area contributed by atoms with Crippen molar-refractivity contribution in [1.82, 2.24) is 0 Å². The molecule has 1 aliphatic carbocycles. The first kappa shape index (κ1) is 30.1. The Morgan fingerprint density at radius 2 is 0.365 bits per heavy atom. The highest BCUT2D eigenvalue weighted by atomic mass is 14.4. The number of rotatable bonds is 6. The summed E-state index contributed by atoms with van der Waals surface area (Å²) in [6.45, 7) is 0. The molecule has 0 aromatic heterocycles. The summed E-state index contributed by atoms with van der Waals surface area (Å²) in [5.41, 5.74) is 20.0. The van der Waals surface area contributed by atoms with E-state index in [4.69, 9.17) is 0 Å². The van der Waals surface area contributed by atoms with Crippen molar-refractivity contribution in [2.75, 3.05) is 0 Å². The van der Waals surface area contributed by atoms with Gasteiger partial charge in [0, 0.05) is 0 Å². The van der Waals surface area contributed by atoms with Gasteiger partial charge in [0.15, 0.2) is 0 Å². The third kappa shape index (κ3) is 4.77. The van der Waals surface area contributed by atoms with E-state index in [2.05, 4.69) is 206 Å². The fraction of sp³-hybridized carbons (Fsp3) is 0. The van der Waals surface area contributed by atoms with Gasteiger partial charge in [-0.25, -0.2) is 0 Å². The second-order valence-electron chi connectivity index (χ2n) is 13.5. The molecule has 0 saturated heterocycles. The highest BCUT2D eigenvalue weighted by Gasteiger charge is 2.34. The maximum Gasteiger partial charge on any atom is -0.000718 e. The SMILES string of the molecule is c1ccc(-c2c(-c3ccccc3)c(-c3ccccc3)c3c(c2-c2ccccc2)-c2ccc(-c4ccccc4)c4c(-c5ccccc5)ccc-3c24)cc1.